The van der Waals surface area contributed by atoms with Crippen molar-refractivity contribution >= 4 is 0 Å². The van der Waals surface area contributed by atoms with Gasteiger partial charge in [0.05, 0.1) is 13.2 Å². The van der Waals surface area contributed by atoms with Crippen LogP contribution in [0, 0.1) is 19.8 Å². The Hall–Kier alpha value is -1.06. The Kier molecular flexibility index (Phi) is 4.25. The predicted octanol–water partition coefficient (Wildman–Crippen LogP) is 2.35. The maximum atomic E-state index is 10.6. The number of piperidine rings is 1. The van der Waals surface area contributed by atoms with E-state index in [9.17, 15) is 5.11 Å². The van der Waals surface area contributed by atoms with Crippen molar-refractivity contribution in [3.63, 3.8) is 0 Å². The molecule has 1 aliphatic heterocycles. The van der Waals surface area contributed by atoms with Crippen molar-refractivity contribution in [3.05, 3.63) is 28.8 Å². The van der Waals surface area contributed by atoms with Crippen LogP contribution < -0.4 is 10.1 Å². The highest BCUT2D eigenvalue weighted by molar-refractivity contribution is 5.43. The highest BCUT2D eigenvalue weighted by Gasteiger charge is 2.25. The van der Waals surface area contributed by atoms with Crippen LogP contribution >= 0.6 is 0 Å². The first-order valence-corrected chi connectivity index (χ1v) is 6.67. The molecule has 1 aromatic carbocycles. The van der Waals surface area contributed by atoms with Gasteiger partial charge in [0.2, 0.25) is 0 Å². The second kappa shape index (κ2) is 5.72. The SMILES string of the molecule is COc1cc(C)c(C)cc1C(O)C1CCNCC1. The molecule has 1 unspecified atom stereocenters. The Morgan fingerprint density at radius 2 is 1.83 bits per heavy atom. The van der Waals surface area contributed by atoms with E-state index in [1.807, 2.05) is 6.07 Å². The third kappa shape index (κ3) is 2.68. The minimum absolute atomic E-state index is 0.335. The Balaban J connectivity index is 2.27. The lowest BCUT2D eigenvalue weighted by molar-refractivity contribution is 0.0864. The van der Waals surface area contributed by atoms with E-state index in [4.69, 9.17) is 4.74 Å². The van der Waals surface area contributed by atoms with Gasteiger partial charge in [0, 0.05) is 5.56 Å². The molecule has 0 spiro atoms. The third-order valence-electron chi connectivity index (χ3n) is 4.00. The van der Waals surface area contributed by atoms with Gasteiger partial charge in [0.1, 0.15) is 5.75 Å². The molecule has 1 saturated heterocycles. The zero-order chi connectivity index (χ0) is 13.1. The number of methoxy groups -OCH3 is 1. The van der Waals surface area contributed by atoms with Crippen LogP contribution in [0.5, 0.6) is 5.75 Å². The molecule has 3 heteroatoms. The van der Waals surface area contributed by atoms with E-state index >= 15 is 0 Å². The quantitative estimate of drug-likeness (QED) is 0.864. The Labute approximate surface area is 109 Å². The van der Waals surface area contributed by atoms with E-state index in [-0.39, 0.29) is 0 Å². The van der Waals surface area contributed by atoms with E-state index in [0.29, 0.717) is 5.92 Å². The van der Waals surface area contributed by atoms with E-state index in [1.165, 1.54) is 11.1 Å². The molecule has 1 heterocycles. The van der Waals surface area contributed by atoms with E-state index in [2.05, 4.69) is 25.2 Å². The van der Waals surface area contributed by atoms with Gasteiger partial charge in [0.25, 0.3) is 0 Å². The first kappa shape index (κ1) is 13.4. The number of aliphatic hydroxyl groups is 1. The number of hydrogen-bond donors (Lipinski definition) is 2. The van der Waals surface area contributed by atoms with Crippen molar-refractivity contribution < 1.29 is 9.84 Å². The van der Waals surface area contributed by atoms with Crippen molar-refractivity contribution in [2.75, 3.05) is 20.2 Å². The fraction of sp³-hybridized carbons (Fsp3) is 0.600. The van der Waals surface area contributed by atoms with Crippen LogP contribution in [0.3, 0.4) is 0 Å². The van der Waals surface area contributed by atoms with Crippen LogP contribution in [-0.2, 0) is 0 Å². The maximum absolute atomic E-state index is 10.6. The number of rotatable bonds is 3. The van der Waals surface area contributed by atoms with Gasteiger partial charge in [-0.15, -0.1) is 0 Å². The Morgan fingerprint density at radius 1 is 1.22 bits per heavy atom. The lowest BCUT2D eigenvalue weighted by atomic mass is 9.86. The molecule has 1 atom stereocenters. The number of hydrogen-bond acceptors (Lipinski definition) is 3. The van der Waals surface area contributed by atoms with Gasteiger partial charge in [-0.05, 0) is 69.0 Å². The van der Waals surface area contributed by atoms with Gasteiger partial charge >= 0.3 is 0 Å². The van der Waals surface area contributed by atoms with Crippen LogP contribution in [-0.4, -0.2) is 25.3 Å². The van der Waals surface area contributed by atoms with Gasteiger partial charge in [-0.1, -0.05) is 0 Å². The highest BCUT2D eigenvalue weighted by atomic mass is 16.5. The summed E-state index contributed by atoms with van der Waals surface area (Å²) in [6.45, 7) is 6.13. The summed E-state index contributed by atoms with van der Waals surface area (Å²) in [5, 5.41) is 13.9. The number of aliphatic hydroxyl groups excluding tert-OH is 1. The molecule has 0 bridgehead atoms. The summed E-state index contributed by atoms with van der Waals surface area (Å²) < 4.78 is 5.42. The van der Waals surface area contributed by atoms with Crippen molar-refractivity contribution in [2.24, 2.45) is 5.92 Å². The summed E-state index contributed by atoms with van der Waals surface area (Å²) in [7, 11) is 1.67. The third-order valence-corrected chi connectivity index (χ3v) is 4.00. The van der Waals surface area contributed by atoms with Crippen LogP contribution in [0.1, 0.15) is 35.6 Å². The molecule has 1 fully saturated rings. The molecular weight excluding hydrogens is 226 g/mol. The van der Waals surface area contributed by atoms with Crippen LogP contribution in [0.15, 0.2) is 12.1 Å². The molecule has 2 N–H and O–H groups in total. The highest BCUT2D eigenvalue weighted by Crippen LogP contribution is 2.35. The monoisotopic (exact) mass is 249 g/mol. The molecule has 1 aromatic rings. The maximum Gasteiger partial charge on any atom is 0.124 e. The average Bonchev–Trinajstić information content (AvgIpc) is 2.41. The van der Waals surface area contributed by atoms with Crippen molar-refractivity contribution in [3.8, 4) is 5.75 Å². The van der Waals surface area contributed by atoms with E-state index in [1.54, 1.807) is 7.11 Å². The molecule has 1 aliphatic rings. The molecule has 2 rings (SSSR count). The molecule has 0 amide bonds. The number of ether oxygens (including phenoxy) is 1. The largest absolute Gasteiger partial charge is 0.496 e. The summed E-state index contributed by atoms with van der Waals surface area (Å²) in [6, 6.07) is 4.09. The summed E-state index contributed by atoms with van der Waals surface area (Å²) >= 11 is 0. The lowest BCUT2D eigenvalue weighted by Crippen LogP contribution is -2.31. The predicted molar refractivity (Wildman–Crippen MR) is 73.0 cm³/mol. The Bertz CT molecular complexity index is 411. The average molecular weight is 249 g/mol. The summed E-state index contributed by atoms with van der Waals surface area (Å²) in [5.74, 6) is 1.14. The van der Waals surface area contributed by atoms with Gasteiger partial charge < -0.3 is 15.2 Å². The van der Waals surface area contributed by atoms with Crippen LogP contribution in [0.25, 0.3) is 0 Å². The van der Waals surface area contributed by atoms with Crippen molar-refractivity contribution in [2.45, 2.75) is 32.8 Å². The summed E-state index contributed by atoms with van der Waals surface area (Å²) in [5.41, 5.74) is 3.35. The second-order valence-corrected chi connectivity index (χ2v) is 5.21. The first-order valence-electron chi connectivity index (χ1n) is 6.67. The minimum atomic E-state index is -0.415. The molecule has 18 heavy (non-hydrogen) atoms. The zero-order valence-corrected chi connectivity index (χ0v) is 11.5. The normalized spacial score (nSPS) is 18.7. The van der Waals surface area contributed by atoms with Crippen LogP contribution in [0.4, 0.5) is 0 Å². The van der Waals surface area contributed by atoms with Gasteiger partial charge in [-0.3, -0.25) is 0 Å². The molecule has 3 nitrogen and oxygen atoms in total. The van der Waals surface area contributed by atoms with Crippen LogP contribution in [0.2, 0.25) is 0 Å². The number of nitrogens with one attached hydrogen (secondary N) is 1. The first-order chi connectivity index (χ1) is 8.63. The zero-order valence-electron chi connectivity index (χ0n) is 11.5. The summed E-state index contributed by atoms with van der Waals surface area (Å²) in [6.07, 6.45) is 1.63. The Morgan fingerprint density at radius 3 is 2.44 bits per heavy atom. The molecule has 0 radical (unpaired) electrons. The molecular formula is C15H23NO2. The van der Waals surface area contributed by atoms with Crippen molar-refractivity contribution in [1.82, 2.24) is 5.32 Å². The van der Waals surface area contributed by atoms with Crippen molar-refractivity contribution in [1.29, 1.82) is 0 Å². The van der Waals surface area contributed by atoms with E-state index < -0.39 is 6.10 Å². The van der Waals surface area contributed by atoms with Gasteiger partial charge in [-0.2, -0.15) is 0 Å². The van der Waals surface area contributed by atoms with Gasteiger partial charge in [-0.25, -0.2) is 0 Å². The fourth-order valence-corrected chi connectivity index (χ4v) is 2.63. The van der Waals surface area contributed by atoms with Gasteiger partial charge in [0.15, 0.2) is 0 Å². The molecule has 100 valence electrons. The van der Waals surface area contributed by atoms with E-state index in [0.717, 1.165) is 37.2 Å². The minimum Gasteiger partial charge on any atom is -0.496 e. The lowest BCUT2D eigenvalue weighted by Gasteiger charge is -2.28. The second-order valence-electron chi connectivity index (χ2n) is 5.21. The number of aryl methyl sites for hydroxylation is 2. The number of benzene rings is 1. The topological polar surface area (TPSA) is 41.5 Å². The fourth-order valence-electron chi connectivity index (χ4n) is 2.63. The smallest absolute Gasteiger partial charge is 0.124 e. The summed E-state index contributed by atoms with van der Waals surface area (Å²) in [4.78, 5) is 0. The molecule has 0 aromatic heterocycles. The molecule has 0 saturated carbocycles. The standard InChI is InChI=1S/C15H23NO2/c1-10-8-13(14(18-3)9-11(10)2)15(17)12-4-6-16-7-5-12/h8-9,12,15-17H,4-7H2,1-3H3. The molecule has 0 aliphatic carbocycles.